The van der Waals surface area contributed by atoms with Gasteiger partial charge in [-0.3, -0.25) is 4.79 Å². The molecule has 6 heteroatoms. The Morgan fingerprint density at radius 3 is 3.06 bits per heavy atom. The number of amides is 1. The molecule has 6 nitrogen and oxygen atoms in total. The highest BCUT2D eigenvalue weighted by Gasteiger charge is 2.34. The maximum absolute atomic E-state index is 11.7. The number of nitrogens with one attached hydrogen (secondary N) is 1. The molecule has 1 aromatic heterocycles. The molecule has 0 aliphatic heterocycles. The summed E-state index contributed by atoms with van der Waals surface area (Å²) < 4.78 is 9.76. The van der Waals surface area contributed by atoms with Gasteiger partial charge in [-0.05, 0) is 19.3 Å². The fraction of sp³-hybridized carbons (Fsp3) is 0.636. The normalized spacial score (nSPS) is 17.5. The van der Waals surface area contributed by atoms with Gasteiger partial charge in [0, 0.05) is 19.7 Å². The lowest BCUT2D eigenvalue weighted by atomic mass is 9.80. The second kappa shape index (κ2) is 4.85. The number of carbonyl (C=O) groups is 1. The molecule has 1 amide bonds. The first kappa shape index (κ1) is 12.1. The zero-order chi connectivity index (χ0) is 12.3. The van der Waals surface area contributed by atoms with Crippen molar-refractivity contribution < 1.29 is 19.2 Å². The van der Waals surface area contributed by atoms with Crippen LogP contribution in [-0.4, -0.2) is 35.4 Å². The van der Waals surface area contributed by atoms with Crippen molar-refractivity contribution >= 4 is 5.91 Å². The van der Waals surface area contributed by atoms with Crippen molar-refractivity contribution in [2.45, 2.75) is 31.5 Å². The fourth-order valence-electron chi connectivity index (χ4n) is 1.73. The molecule has 1 heterocycles. The smallest absolute Gasteiger partial charge is 0.273 e. The van der Waals surface area contributed by atoms with Gasteiger partial charge in [0.1, 0.15) is 6.61 Å². The zero-order valence-corrected chi connectivity index (χ0v) is 9.73. The number of aliphatic hydroxyl groups is 1. The molecule has 1 aliphatic carbocycles. The number of carbonyl (C=O) groups excluding carboxylic acids is 1. The summed E-state index contributed by atoms with van der Waals surface area (Å²) in [7, 11) is 1.54. The largest absolute Gasteiger partial charge is 0.388 e. The van der Waals surface area contributed by atoms with E-state index in [0.29, 0.717) is 5.76 Å². The van der Waals surface area contributed by atoms with Crippen LogP contribution in [0.3, 0.4) is 0 Å². The minimum atomic E-state index is -0.727. The van der Waals surface area contributed by atoms with Crippen LogP contribution in [0, 0.1) is 0 Å². The van der Waals surface area contributed by atoms with Gasteiger partial charge in [0.2, 0.25) is 0 Å². The Labute approximate surface area is 98.9 Å². The molecule has 0 aromatic carbocycles. The highest BCUT2D eigenvalue weighted by molar-refractivity contribution is 5.92. The first-order valence-corrected chi connectivity index (χ1v) is 5.58. The monoisotopic (exact) mass is 240 g/mol. The predicted molar refractivity (Wildman–Crippen MR) is 58.4 cm³/mol. The first-order chi connectivity index (χ1) is 8.13. The summed E-state index contributed by atoms with van der Waals surface area (Å²) in [5.41, 5.74) is -0.519. The second-order valence-electron chi connectivity index (χ2n) is 4.37. The number of methoxy groups -OCH3 is 1. The van der Waals surface area contributed by atoms with Crippen molar-refractivity contribution in [2.24, 2.45) is 0 Å². The van der Waals surface area contributed by atoms with Crippen molar-refractivity contribution in [2.75, 3.05) is 13.7 Å². The van der Waals surface area contributed by atoms with Crippen molar-refractivity contribution in [1.82, 2.24) is 10.5 Å². The summed E-state index contributed by atoms with van der Waals surface area (Å²) in [6, 6.07) is 1.53. The Balaban J connectivity index is 1.85. The summed E-state index contributed by atoms with van der Waals surface area (Å²) in [5.74, 6) is 0.163. The minimum Gasteiger partial charge on any atom is -0.388 e. The fourth-order valence-corrected chi connectivity index (χ4v) is 1.73. The van der Waals surface area contributed by atoms with Gasteiger partial charge in [-0.15, -0.1) is 0 Å². The lowest BCUT2D eigenvalue weighted by Crippen LogP contribution is -2.47. The molecule has 0 bridgehead atoms. The number of ether oxygens (including phenoxy) is 1. The van der Waals surface area contributed by atoms with Gasteiger partial charge in [0.15, 0.2) is 11.5 Å². The highest BCUT2D eigenvalue weighted by Crippen LogP contribution is 2.30. The van der Waals surface area contributed by atoms with E-state index in [0.717, 1.165) is 19.3 Å². The van der Waals surface area contributed by atoms with Crippen molar-refractivity contribution in [1.29, 1.82) is 0 Å². The van der Waals surface area contributed by atoms with Gasteiger partial charge < -0.3 is 19.7 Å². The molecule has 0 radical (unpaired) electrons. The Kier molecular flexibility index (Phi) is 3.44. The van der Waals surface area contributed by atoms with E-state index in [9.17, 15) is 9.90 Å². The van der Waals surface area contributed by atoms with E-state index in [1.54, 1.807) is 0 Å². The van der Waals surface area contributed by atoms with E-state index >= 15 is 0 Å². The van der Waals surface area contributed by atoms with Crippen LogP contribution in [-0.2, 0) is 11.3 Å². The quantitative estimate of drug-likeness (QED) is 0.781. The van der Waals surface area contributed by atoms with Crippen LogP contribution in [0.5, 0.6) is 0 Å². The Morgan fingerprint density at radius 1 is 1.71 bits per heavy atom. The molecule has 0 unspecified atom stereocenters. The van der Waals surface area contributed by atoms with E-state index in [4.69, 9.17) is 9.26 Å². The van der Waals surface area contributed by atoms with E-state index in [2.05, 4.69) is 10.5 Å². The maximum atomic E-state index is 11.7. The molecule has 1 aliphatic rings. The third-order valence-corrected chi connectivity index (χ3v) is 2.94. The van der Waals surface area contributed by atoms with Gasteiger partial charge in [-0.1, -0.05) is 5.16 Å². The number of aromatic nitrogens is 1. The molecule has 0 saturated heterocycles. The van der Waals surface area contributed by atoms with Gasteiger partial charge in [-0.2, -0.15) is 0 Å². The molecule has 2 rings (SSSR count). The predicted octanol–water partition coefficient (Wildman–Crippen LogP) is 0.466. The molecule has 0 spiro atoms. The van der Waals surface area contributed by atoms with E-state index in [1.165, 1.54) is 13.2 Å². The topological polar surface area (TPSA) is 84.6 Å². The molecule has 2 N–H and O–H groups in total. The van der Waals surface area contributed by atoms with Crippen LogP contribution in [0.15, 0.2) is 10.6 Å². The molecule has 1 fully saturated rings. The third kappa shape index (κ3) is 2.83. The Hall–Kier alpha value is -1.40. The number of rotatable bonds is 5. The SMILES string of the molecule is COCc1cc(C(=O)NCC2(O)CCC2)no1. The molecule has 17 heavy (non-hydrogen) atoms. The second-order valence-corrected chi connectivity index (χ2v) is 4.37. The number of nitrogens with zero attached hydrogens (tertiary/aromatic N) is 1. The molecule has 0 atom stereocenters. The summed E-state index contributed by atoms with van der Waals surface area (Å²) in [6.07, 6.45) is 2.48. The average Bonchev–Trinajstić information content (AvgIpc) is 2.72. The van der Waals surface area contributed by atoms with Gasteiger partial charge >= 0.3 is 0 Å². The number of hydrogen-bond donors (Lipinski definition) is 2. The molecular weight excluding hydrogens is 224 g/mol. The van der Waals surface area contributed by atoms with Crippen molar-refractivity contribution in [3.63, 3.8) is 0 Å². The van der Waals surface area contributed by atoms with Crippen LogP contribution in [0.25, 0.3) is 0 Å². The summed E-state index contributed by atoms with van der Waals surface area (Å²) >= 11 is 0. The molecule has 1 saturated carbocycles. The van der Waals surface area contributed by atoms with Crippen LogP contribution >= 0.6 is 0 Å². The molecule has 94 valence electrons. The van der Waals surface area contributed by atoms with Crippen LogP contribution in [0.4, 0.5) is 0 Å². The van der Waals surface area contributed by atoms with Gasteiger partial charge in [0.05, 0.1) is 5.60 Å². The van der Waals surface area contributed by atoms with Crippen LogP contribution in [0.1, 0.15) is 35.5 Å². The standard InChI is InChI=1S/C11H16N2O4/c1-16-6-8-5-9(13-17-8)10(14)12-7-11(15)3-2-4-11/h5,15H,2-4,6-7H2,1H3,(H,12,14). The van der Waals surface area contributed by atoms with E-state index < -0.39 is 5.60 Å². The molecular formula is C11H16N2O4. The summed E-state index contributed by atoms with van der Waals surface area (Å²) in [6.45, 7) is 0.544. The van der Waals surface area contributed by atoms with E-state index in [1.807, 2.05) is 0 Å². The first-order valence-electron chi connectivity index (χ1n) is 5.58. The Morgan fingerprint density at radius 2 is 2.47 bits per heavy atom. The van der Waals surface area contributed by atoms with E-state index in [-0.39, 0.29) is 24.8 Å². The molecule has 1 aromatic rings. The lowest BCUT2D eigenvalue weighted by molar-refractivity contribution is -0.0301. The van der Waals surface area contributed by atoms with Crippen LogP contribution in [0.2, 0.25) is 0 Å². The highest BCUT2D eigenvalue weighted by atomic mass is 16.5. The Bertz CT molecular complexity index is 398. The minimum absolute atomic E-state index is 0.208. The van der Waals surface area contributed by atoms with Crippen LogP contribution < -0.4 is 5.32 Å². The van der Waals surface area contributed by atoms with Crippen molar-refractivity contribution in [3.05, 3.63) is 17.5 Å². The average molecular weight is 240 g/mol. The zero-order valence-electron chi connectivity index (χ0n) is 9.73. The lowest BCUT2D eigenvalue weighted by Gasteiger charge is -2.36. The van der Waals surface area contributed by atoms with Crippen molar-refractivity contribution in [3.8, 4) is 0 Å². The van der Waals surface area contributed by atoms with Gasteiger partial charge in [-0.25, -0.2) is 0 Å². The van der Waals surface area contributed by atoms with Gasteiger partial charge in [0.25, 0.3) is 5.91 Å². The third-order valence-electron chi connectivity index (χ3n) is 2.94. The maximum Gasteiger partial charge on any atom is 0.273 e. The summed E-state index contributed by atoms with van der Waals surface area (Å²) in [5, 5.41) is 16.1. The summed E-state index contributed by atoms with van der Waals surface area (Å²) in [4.78, 5) is 11.7. The number of hydrogen-bond acceptors (Lipinski definition) is 5.